The van der Waals surface area contributed by atoms with Crippen molar-refractivity contribution in [2.75, 3.05) is 44.3 Å². The molecule has 0 unspecified atom stereocenters. The van der Waals surface area contributed by atoms with Crippen LogP contribution in [0.3, 0.4) is 0 Å². The normalized spacial score (nSPS) is 14.2. The first kappa shape index (κ1) is 22.4. The SMILES string of the molecule is COc1ccccc1Nc1nc(N)nc(CN2CCN(C(=O)Cc3ccc(F)cc3)CC2)n1. The Morgan fingerprint density at radius 1 is 1.06 bits per heavy atom. The highest BCUT2D eigenvalue weighted by Crippen LogP contribution is 2.25. The molecule has 0 radical (unpaired) electrons. The van der Waals surface area contributed by atoms with Crippen LogP contribution in [0.15, 0.2) is 48.5 Å². The summed E-state index contributed by atoms with van der Waals surface area (Å²) in [5.41, 5.74) is 7.44. The van der Waals surface area contributed by atoms with Gasteiger partial charge in [-0.2, -0.15) is 15.0 Å². The predicted molar refractivity (Wildman–Crippen MR) is 122 cm³/mol. The van der Waals surface area contributed by atoms with Crippen molar-refractivity contribution < 1.29 is 13.9 Å². The molecule has 1 fully saturated rings. The number of methoxy groups -OCH3 is 1. The van der Waals surface area contributed by atoms with Gasteiger partial charge < -0.3 is 20.7 Å². The van der Waals surface area contributed by atoms with Crippen LogP contribution in [0.1, 0.15) is 11.4 Å². The number of carbonyl (C=O) groups excluding carboxylic acids is 1. The molecule has 1 amide bonds. The minimum absolute atomic E-state index is 0.0361. The summed E-state index contributed by atoms with van der Waals surface area (Å²) in [7, 11) is 1.60. The van der Waals surface area contributed by atoms with Gasteiger partial charge in [0.15, 0.2) is 0 Å². The molecule has 9 nitrogen and oxygen atoms in total. The Labute approximate surface area is 191 Å². The smallest absolute Gasteiger partial charge is 0.232 e. The van der Waals surface area contributed by atoms with Crippen LogP contribution >= 0.6 is 0 Å². The maximum absolute atomic E-state index is 13.1. The van der Waals surface area contributed by atoms with Gasteiger partial charge in [-0.1, -0.05) is 24.3 Å². The number of aromatic nitrogens is 3. The Bertz CT molecular complexity index is 1100. The van der Waals surface area contributed by atoms with Crippen molar-refractivity contribution in [3.05, 3.63) is 65.7 Å². The number of rotatable bonds is 7. The lowest BCUT2D eigenvalue weighted by Gasteiger charge is -2.34. The number of halogens is 1. The van der Waals surface area contributed by atoms with E-state index in [2.05, 4.69) is 25.2 Å². The largest absolute Gasteiger partial charge is 0.495 e. The second kappa shape index (κ2) is 10.2. The van der Waals surface area contributed by atoms with Crippen LogP contribution in [0, 0.1) is 5.82 Å². The molecule has 10 heteroatoms. The summed E-state index contributed by atoms with van der Waals surface area (Å²) in [5.74, 6) is 1.42. The van der Waals surface area contributed by atoms with Crippen molar-refractivity contribution in [2.24, 2.45) is 0 Å². The lowest BCUT2D eigenvalue weighted by atomic mass is 10.1. The maximum Gasteiger partial charge on any atom is 0.232 e. The van der Waals surface area contributed by atoms with Gasteiger partial charge in [0.05, 0.1) is 25.8 Å². The Balaban J connectivity index is 1.33. The number of amides is 1. The number of nitrogen functional groups attached to an aromatic ring is 1. The Hall–Kier alpha value is -3.79. The van der Waals surface area contributed by atoms with Gasteiger partial charge in [0.25, 0.3) is 0 Å². The number of hydrogen-bond acceptors (Lipinski definition) is 8. The summed E-state index contributed by atoms with van der Waals surface area (Å²) in [6.07, 6.45) is 0.266. The standard InChI is InChI=1S/C23H26FN7O2/c1-33-19-5-3-2-4-18(19)26-23-28-20(27-22(25)29-23)15-30-10-12-31(13-11-30)21(32)14-16-6-8-17(24)9-7-16/h2-9H,10-15H2,1H3,(H3,25,26,27,28,29). The summed E-state index contributed by atoms with van der Waals surface area (Å²) in [6.45, 7) is 3.08. The van der Waals surface area contributed by atoms with Gasteiger partial charge in [-0.05, 0) is 29.8 Å². The van der Waals surface area contributed by atoms with Crippen LogP contribution in [-0.2, 0) is 17.8 Å². The molecule has 1 aliphatic rings. The molecule has 0 atom stereocenters. The molecule has 3 aromatic rings. The van der Waals surface area contributed by atoms with E-state index < -0.39 is 0 Å². The van der Waals surface area contributed by atoms with E-state index >= 15 is 0 Å². The average molecular weight is 452 g/mol. The molecular weight excluding hydrogens is 425 g/mol. The van der Waals surface area contributed by atoms with Gasteiger partial charge >= 0.3 is 0 Å². The van der Waals surface area contributed by atoms with Crippen LogP contribution in [0.2, 0.25) is 0 Å². The quantitative estimate of drug-likeness (QED) is 0.563. The fourth-order valence-electron chi connectivity index (χ4n) is 3.68. The van der Waals surface area contributed by atoms with E-state index in [9.17, 15) is 9.18 Å². The molecule has 0 saturated carbocycles. The van der Waals surface area contributed by atoms with E-state index in [1.807, 2.05) is 29.2 Å². The van der Waals surface area contributed by atoms with Crippen molar-refractivity contribution in [1.29, 1.82) is 0 Å². The van der Waals surface area contributed by atoms with Crippen LogP contribution < -0.4 is 15.8 Å². The molecule has 1 aliphatic heterocycles. The van der Waals surface area contributed by atoms with Gasteiger partial charge in [-0.25, -0.2) is 4.39 Å². The second-order valence-electron chi connectivity index (χ2n) is 7.72. The highest BCUT2D eigenvalue weighted by atomic mass is 19.1. The van der Waals surface area contributed by atoms with Crippen molar-refractivity contribution in [1.82, 2.24) is 24.8 Å². The molecule has 0 bridgehead atoms. The summed E-state index contributed by atoms with van der Waals surface area (Å²) in [5, 5.41) is 3.13. The van der Waals surface area contributed by atoms with E-state index in [0.717, 1.165) is 11.3 Å². The summed E-state index contributed by atoms with van der Waals surface area (Å²) in [6, 6.07) is 13.5. The lowest BCUT2D eigenvalue weighted by molar-refractivity contribution is -0.132. The number of nitrogens with zero attached hydrogens (tertiary/aromatic N) is 5. The molecule has 0 spiro atoms. The fraction of sp³-hybridized carbons (Fsp3) is 0.304. The molecule has 1 saturated heterocycles. The first-order chi connectivity index (χ1) is 16.0. The van der Waals surface area contributed by atoms with Crippen LogP contribution in [0.5, 0.6) is 5.75 Å². The van der Waals surface area contributed by atoms with Gasteiger partial charge in [0, 0.05) is 26.2 Å². The van der Waals surface area contributed by atoms with Gasteiger partial charge in [0.1, 0.15) is 17.4 Å². The second-order valence-corrected chi connectivity index (χ2v) is 7.72. The molecule has 33 heavy (non-hydrogen) atoms. The van der Waals surface area contributed by atoms with E-state index in [1.54, 1.807) is 19.2 Å². The van der Waals surface area contributed by atoms with Gasteiger partial charge in [0.2, 0.25) is 17.8 Å². The minimum Gasteiger partial charge on any atom is -0.495 e. The topological polar surface area (TPSA) is 109 Å². The molecular formula is C23H26FN7O2. The third kappa shape index (κ3) is 5.92. The number of carbonyl (C=O) groups is 1. The minimum atomic E-state index is -0.306. The third-order valence-electron chi connectivity index (χ3n) is 5.41. The zero-order chi connectivity index (χ0) is 23.2. The van der Waals surface area contributed by atoms with Crippen LogP contribution in [-0.4, -0.2) is 63.9 Å². The van der Waals surface area contributed by atoms with Gasteiger partial charge in [-0.3, -0.25) is 9.69 Å². The Morgan fingerprint density at radius 2 is 1.79 bits per heavy atom. The highest BCUT2D eigenvalue weighted by Gasteiger charge is 2.22. The van der Waals surface area contributed by atoms with E-state index in [1.165, 1.54) is 12.1 Å². The maximum atomic E-state index is 13.1. The van der Waals surface area contributed by atoms with E-state index in [-0.39, 0.29) is 24.1 Å². The fourth-order valence-corrected chi connectivity index (χ4v) is 3.68. The Kier molecular flexibility index (Phi) is 6.94. The van der Waals surface area contributed by atoms with Crippen molar-refractivity contribution in [2.45, 2.75) is 13.0 Å². The number of para-hydroxylation sites is 2. The number of benzene rings is 2. The number of piperazine rings is 1. The van der Waals surface area contributed by atoms with Crippen molar-refractivity contribution >= 4 is 23.5 Å². The molecule has 3 N–H and O–H groups in total. The monoisotopic (exact) mass is 451 g/mol. The number of hydrogen-bond donors (Lipinski definition) is 2. The number of ether oxygens (including phenoxy) is 1. The molecule has 4 rings (SSSR count). The summed E-state index contributed by atoms with van der Waals surface area (Å²) >= 11 is 0. The molecule has 2 heterocycles. The number of anilines is 3. The third-order valence-corrected chi connectivity index (χ3v) is 5.41. The predicted octanol–water partition coefficient (Wildman–Crippen LogP) is 2.23. The molecule has 0 aliphatic carbocycles. The van der Waals surface area contributed by atoms with E-state index in [4.69, 9.17) is 10.5 Å². The molecule has 172 valence electrons. The number of nitrogens with two attached hydrogens (primary N) is 1. The first-order valence-corrected chi connectivity index (χ1v) is 10.6. The van der Waals surface area contributed by atoms with Crippen molar-refractivity contribution in [3.8, 4) is 5.75 Å². The summed E-state index contributed by atoms with van der Waals surface area (Å²) < 4.78 is 18.4. The molecule has 1 aromatic heterocycles. The highest BCUT2D eigenvalue weighted by molar-refractivity contribution is 5.78. The average Bonchev–Trinajstić information content (AvgIpc) is 2.81. The lowest BCUT2D eigenvalue weighted by Crippen LogP contribution is -2.48. The van der Waals surface area contributed by atoms with Crippen LogP contribution in [0.4, 0.5) is 22.0 Å². The van der Waals surface area contributed by atoms with Crippen molar-refractivity contribution in [3.63, 3.8) is 0 Å². The number of nitrogens with one attached hydrogen (secondary N) is 1. The summed E-state index contributed by atoms with van der Waals surface area (Å²) in [4.78, 5) is 29.5. The Morgan fingerprint density at radius 3 is 2.52 bits per heavy atom. The first-order valence-electron chi connectivity index (χ1n) is 10.6. The van der Waals surface area contributed by atoms with Crippen LogP contribution in [0.25, 0.3) is 0 Å². The zero-order valence-corrected chi connectivity index (χ0v) is 18.4. The zero-order valence-electron chi connectivity index (χ0n) is 18.4. The van der Waals surface area contributed by atoms with E-state index in [0.29, 0.717) is 50.2 Å². The van der Waals surface area contributed by atoms with Gasteiger partial charge in [-0.15, -0.1) is 0 Å². The molecule has 2 aromatic carbocycles.